The Hall–Kier alpha value is -1.33. The Labute approximate surface area is 45.3 Å². The second-order valence-corrected chi connectivity index (χ2v) is 0.921. The van der Waals surface area contributed by atoms with Crippen molar-refractivity contribution in [3.05, 3.63) is 0 Å². The lowest BCUT2D eigenvalue weighted by atomic mass is 10.7. The van der Waals surface area contributed by atoms with Gasteiger partial charge in [-0.3, -0.25) is 4.79 Å². The molecule has 0 rings (SSSR count). The molecule has 0 spiro atoms. The maximum atomic E-state index is 10.0. The lowest BCUT2D eigenvalue weighted by molar-refractivity contribution is -0.117. The first-order valence-corrected chi connectivity index (χ1v) is 1.78. The van der Waals surface area contributed by atoms with Crippen LogP contribution in [0.15, 0.2) is 15.5 Å². The summed E-state index contributed by atoms with van der Waals surface area (Å²) in [5, 5.41) is 8.39. The third-order valence-electron chi connectivity index (χ3n) is 0.412. The number of hydrogen-bond acceptors (Lipinski definition) is 4. The van der Waals surface area contributed by atoms with E-state index in [1.807, 2.05) is 0 Å². The number of hydrogen-bond donors (Lipinski definition) is 2. The fourth-order valence-electron chi connectivity index (χ4n) is 0.137. The van der Waals surface area contributed by atoms with Gasteiger partial charge in [-0.25, -0.2) is 5.53 Å². The van der Waals surface area contributed by atoms with Gasteiger partial charge in [0.15, 0.2) is 0 Å². The van der Waals surface area contributed by atoms with Crippen molar-refractivity contribution >= 4 is 5.91 Å². The van der Waals surface area contributed by atoms with Crippen LogP contribution in [0.3, 0.4) is 0 Å². The van der Waals surface area contributed by atoms with Gasteiger partial charge in [-0.1, -0.05) is 5.22 Å². The molecule has 0 aliphatic heterocycles. The summed E-state index contributed by atoms with van der Waals surface area (Å²) in [6.07, 6.45) is 0. The standard InChI is InChI=1S/C2H5N5O/c3-6-2(8)1-5-7-4/h3H,1H2,(H2,4,5). The molecule has 6 heteroatoms. The fraction of sp³-hybridized carbons (Fsp3) is 0.500. The molecular formula is C2H5N5O. The summed E-state index contributed by atoms with van der Waals surface area (Å²) in [6.45, 7) is -0.236. The van der Waals surface area contributed by atoms with E-state index in [2.05, 4.69) is 21.3 Å². The molecule has 0 aliphatic rings. The predicted molar refractivity (Wildman–Crippen MR) is 24.1 cm³/mol. The zero-order valence-corrected chi connectivity index (χ0v) is 4.03. The molecule has 0 heterocycles. The van der Waals surface area contributed by atoms with Crippen LogP contribution in [0.5, 0.6) is 0 Å². The summed E-state index contributed by atoms with van der Waals surface area (Å²) in [4.78, 5) is 10.0. The van der Waals surface area contributed by atoms with Crippen LogP contribution >= 0.6 is 0 Å². The second kappa shape index (κ2) is 3.85. The van der Waals surface area contributed by atoms with E-state index < -0.39 is 5.91 Å². The summed E-state index contributed by atoms with van der Waals surface area (Å²) < 4.78 is 0. The minimum Gasteiger partial charge on any atom is -0.305 e. The number of carbonyl (C=O) groups is 1. The van der Waals surface area contributed by atoms with Crippen molar-refractivity contribution in [2.45, 2.75) is 0 Å². The van der Waals surface area contributed by atoms with E-state index in [-0.39, 0.29) is 6.54 Å². The number of amides is 1. The Morgan fingerprint density at radius 1 is 1.75 bits per heavy atom. The number of nitrogens with one attached hydrogen (secondary N) is 1. The Balaban J connectivity index is 3.39. The molecule has 44 valence electrons. The summed E-state index contributed by atoms with van der Waals surface area (Å²) in [5.41, 5.74) is 6.12. The molecule has 1 amide bonds. The molecule has 0 saturated heterocycles. The van der Waals surface area contributed by atoms with E-state index >= 15 is 0 Å². The zero-order chi connectivity index (χ0) is 6.41. The topological polar surface area (TPSA) is 104 Å². The molecule has 0 aromatic heterocycles. The first-order chi connectivity index (χ1) is 3.81. The van der Waals surface area contributed by atoms with Crippen molar-refractivity contribution in [1.82, 2.24) is 0 Å². The molecule has 0 aromatic carbocycles. The summed E-state index contributed by atoms with van der Waals surface area (Å²) in [7, 11) is 0. The Kier molecular flexibility index (Phi) is 3.21. The first kappa shape index (κ1) is 6.67. The highest BCUT2D eigenvalue weighted by Crippen LogP contribution is 1.74. The normalized spacial score (nSPS) is 9.50. The highest BCUT2D eigenvalue weighted by Gasteiger charge is 1.91. The molecule has 0 aliphatic carbocycles. The van der Waals surface area contributed by atoms with Crippen molar-refractivity contribution in [3.63, 3.8) is 0 Å². The van der Waals surface area contributed by atoms with E-state index in [1.54, 1.807) is 0 Å². The van der Waals surface area contributed by atoms with Crippen molar-refractivity contribution in [2.75, 3.05) is 6.54 Å². The average Bonchev–Trinajstić information content (AvgIpc) is 1.83. The number of nitrogens with two attached hydrogens (primary N) is 1. The average molecular weight is 115 g/mol. The number of rotatable bonds is 2. The van der Waals surface area contributed by atoms with Crippen LogP contribution in [0.4, 0.5) is 0 Å². The van der Waals surface area contributed by atoms with E-state index in [0.29, 0.717) is 0 Å². The molecule has 0 bridgehead atoms. The summed E-state index contributed by atoms with van der Waals surface area (Å²) >= 11 is 0. The van der Waals surface area contributed by atoms with Gasteiger partial charge in [0.2, 0.25) is 0 Å². The monoisotopic (exact) mass is 115 g/mol. The maximum Gasteiger partial charge on any atom is 0.287 e. The molecule has 3 N–H and O–H groups in total. The summed E-state index contributed by atoms with van der Waals surface area (Å²) in [6, 6.07) is 0. The highest BCUT2D eigenvalue weighted by atomic mass is 16.1. The van der Waals surface area contributed by atoms with Gasteiger partial charge in [-0.2, -0.15) is 5.11 Å². The molecule has 0 aromatic rings. The first-order valence-electron chi connectivity index (χ1n) is 1.78. The second-order valence-electron chi connectivity index (χ2n) is 0.921. The van der Waals surface area contributed by atoms with Crippen molar-refractivity contribution < 1.29 is 4.79 Å². The van der Waals surface area contributed by atoms with Crippen molar-refractivity contribution in [2.24, 2.45) is 21.3 Å². The molecular weight excluding hydrogens is 110 g/mol. The van der Waals surface area contributed by atoms with E-state index in [4.69, 9.17) is 5.53 Å². The van der Waals surface area contributed by atoms with Gasteiger partial charge in [-0.15, -0.1) is 5.11 Å². The zero-order valence-electron chi connectivity index (χ0n) is 4.03. The van der Waals surface area contributed by atoms with Gasteiger partial charge in [0, 0.05) is 0 Å². The number of carbonyl (C=O) groups excluding carboxylic acids is 1. The van der Waals surface area contributed by atoms with Crippen molar-refractivity contribution in [1.29, 1.82) is 5.53 Å². The number of nitrogens with zero attached hydrogens (tertiary/aromatic N) is 3. The smallest absolute Gasteiger partial charge is 0.287 e. The van der Waals surface area contributed by atoms with Crippen LogP contribution in [0.1, 0.15) is 0 Å². The third-order valence-corrected chi connectivity index (χ3v) is 0.412. The van der Waals surface area contributed by atoms with Crippen LogP contribution in [0.2, 0.25) is 0 Å². The largest absolute Gasteiger partial charge is 0.305 e. The van der Waals surface area contributed by atoms with E-state index in [1.165, 1.54) is 0 Å². The van der Waals surface area contributed by atoms with E-state index in [0.717, 1.165) is 0 Å². The van der Waals surface area contributed by atoms with Gasteiger partial charge >= 0.3 is 0 Å². The lowest BCUT2D eigenvalue weighted by Gasteiger charge is -1.77. The molecule has 6 nitrogen and oxygen atoms in total. The summed E-state index contributed by atoms with van der Waals surface area (Å²) in [5.74, 6) is 3.88. The fourth-order valence-corrected chi connectivity index (χ4v) is 0.137. The van der Waals surface area contributed by atoms with E-state index in [9.17, 15) is 4.79 Å². The third kappa shape index (κ3) is 2.88. The molecule has 0 saturated carbocycles. The minimum atomic E-state index is -0.654. The molecule has 0 fully saturated rings. The van der Waals surface area contributed by atoms with Crippen LogP contribution in [-0.4, -0.2) is 12.5 Å². The molecule has 0 atom stereocenters. The minimum absolute atomic E-state index is 0.236. The SMILES string of the molecule is N=NC(=O)CN=NN. The Bertz CT molecular complexity index is 118. The van der Waals surface area contributed by atoms with Crippen LogP contribution in [0.25, 0.3) is 0 Å². The van der Waals surface area contributed by atoms with Crippen LogP contribution in [0, 0.1) is 5.53 Å². The molecule has 0 radical (unpaired) electrons. The molecule has 8 heavy (non-hydrogen) atoms. The van der Waals surface area contributed by atoms with Gasteiger partial charge in [0.05, 0.1) is 0 Å². The predicted octanol–water partition coefficient (Wildman–Crippen LogP) is -0.130. The maximum absolute atomic E-state index is 10.0. The van der Waals surface area contributed by atoms with Gasteiger partial charge in [0.1, 0.15) is 6.54 Å². The highest BCUT2D eigenvalue weighted by molar-refractivity contribution is 5.77. The quantitative estimate of drug-likeness (QED) is 0.297. The van der Waals surface area contributed by atoms with Gasteiger partial charge in [-0.05, 0) is 0 Å². The molecule has 0 unspecified atom stereocenters. The van der Waals surface area contributed by atoms with Crippen LogP contribution < -0.4 is 5.84 Å². The Morgan fingerprint density at radius 3 is 2.75 bits per heavy atom. The van der Waals surface area contributed by atoms with Gasteiger partial charge in [0.25, 0.3) is 5.91 Å². The van der Waals surface area contributed by atoms with Crippen molar-refractivity contribution in [3.8, 4) is 0 Å². The Morgan fingerprint density at radius 2 is 2.38 bits per heavy atom. The van der Waals surface area contributed by atoms with Gasteiger partial charge < -0.3 is 5.84 Å². The van der Waals surface area contributed by atoms with Crippen LogP contribution in [-0.2, 0) is 4.79 Å². The lowest BCUT2D eigenvalue weighted by Crippen LogP contribution is -1.95.